The lowest BCUT2D eigenvalue weighted by Gasteiger charge is -2.22. The number of benzene rings is 2. The Bertz CT molecular complexity index is 1530. The Morgan fingerprint density at radius 3 is 2.43 bits per heavy atom. The molecule has 3 heterocycles. The maximum absolute atomic E-state index is 13.4. The molecule has 0 spiro atoms. The van der Waals surface area contributed by atoms with Crippen LogP contribution in [0, 0.1) is 0 Å². The molecule has 0 saturated carbocycles. The van der Waals surface area contributed by atoms with Gasteiger partial charge in [0.25, 0.3) is 5.78 Å². The number of ketones is 1. The van der Waals surface area contributed by atoms with Crippen molar-refractivity contribution in [1.29, 1.82) is 0 Å². The van der Waals surface area contributed by atoms with Crippen LogP contribution in [0.2, 0.25) is 5.02 Å². The first-order valence-electron chi connectivity index (χ1n) is 11.0. The van der Waals surface area contributed by atoms with Crippen LogP contribution in [0.3, 0.4) is 0 Å². The van der Waals surface area contributed by atoms with Crippen LogP contribution in [-0.4, -0.2) is 53.1 Å². The molecular weight excluding hydrogens is 500 g/mol. The lowest BCUT2D eigenvalue weighted by molar-refractivity contribution is -0.132. The number of methoxy groups -OCH3 is 3. The zero-order chi connectivity index (χ0) is 26.3. The van der Waals surface area contributed by atoms with Gasteiger partial charge < -0.3 is 24.3 Å². The fraction of sp³-hybridized carbons (Fsp3) is 0.154. The number of rotatable bonds is 6. The first-order chi connectivity index (χ1) is 17.9. The number of amides is 1. The summed E-state index contributed by atoms with van der Waals surface area (Å²) in [6.45, 7) is 0. The average molecular weight is 521 g/mol. The molecule has 188 valence electrons. The zero-order valence-corrected chi connectivity index (χ0v) is 20.7. The molecule has 11 heteroatoms. The molecule has 2 N–H and O–H groups in total. The number of pyridine rings is 1. The fourth-order valence-corrected chi connectivity index (χ4v) is 4.52. The second kappa shape index (κ2) is 9.47. The third-order valence-electron chi connectivity index (χ3n) is 6.06. The number of nitrogens with one attached hydrogen (secondary N) is 1. The lowest BCUT2D eigenvalue weighted by atomic mass is 9.96. The molecule has 4 aromatic rings. The molecule has 37 heavy (non-hydrogen) atoms. The van der Waals surface area contributed by atoms with E-state index in [2.05, 4.69) is 15.0 Å². The number of hydrogen-bond donors (Lipinski definition) is 2. The number of aromatic nitrogens is 3. The number of halogens is 1. The number of Topliss-reactive ketones (excluding diaryl/α,β-unsaturated/α-hetero) is 1. The molecule has 0 bridgehead atoms. The van der Waals surface area contributed by atoms with E-state index in [-0.39, 0.29) is 22.8 Å². The Morgan fingerprint density at radius 1 is 1.03 bits per heavy atom. The molecule has 0 aliphatic carbocycles. The molecule has 1 saturated heterocycles. The van der Waals surface area contributed by atoms with Crippen LogP contribution in [0.15, 0.2) is 60.4 Å². The summed E-state index contributed by atoms with van der Waals surface area (Å²) in [4.78, 5) is 39.8. The average Bonchev–Trinajstić information content (AvgIpc) is 3.45. The van der Waals surface area contributed by atoms with Crippen molar-refractivity contribution in [1.82, 2.24) is 15.0 Å². The van der Waals surface area contributed by atoms with E-state index in [0.29, 0.717) is 33.1 Å². The summed E-state index contributed by atoms with van der Waals surface area (Å²) >= 11 is 6.17. The summed E-state index contributed by atoms with van der Waals surface area (Å²) in [5, 5.41) is 11.7. The minimum Gasteiger partial charge on any atom is -0.507 e. The van der Waals surface area contributed by atoms with Gasteiger partial charge in [-0.1, -0.05) is 17.7 Å². The van der Waals surface area contributed by atoms with E-state index >= 15 is 0 Å². The van der Waals surface area contributed by atoms with Crippen molar-refractivity contribution in [2.45, 2.75) is 6.04 Å². The van der Waals surface area contributed by atoms with E-state index in [1.54, 1.807) is 42.6 Å². The SMILES string of the molecule is COc1cc2nc(N3C(=O)C(=O)/C(=C(/O)c4cc(Cl)ccc4OC)C3c3cccnc3)[nH]c2cc1OC. The monoisotopic (exact) mass is 520 g/mol. The van der Waals surface area contributed by atoms with Crippen LogP contribution < -0.4 is 19.1 Å². The zero-order valence-electron chi connectivity index (χ0n) is 20.0. The number of aliphatic hydroxyl groups excluding tert-OH is 1. The number of carbonyl (C=O) groups excluding carboxylic acids is 2. The van der Waals surface area contributed by atoms with Gasteiger partial charge in [0.15, 0.2) is 11.5 Å². The summed E-state index contributed by atoms with van der Waals surface area (Å²) in [6, 6.07) is 10.3. The highest BCUT2D eigenvalue weighted by atomic mass is 35.5. The van der Waals surface area contributed by atoms with Crippen LogP contribution in [0.4, 0.5) is 5.95 Å². The van der Waals surface area contributed by atoms with Crippen molar-refractivity contribution in [3.05, 3.63) is 76.6 Å². The molecule has 1 aliphatic heterocycles. The van der Waals surface area contributed by atoms with E-state index in [9.17, 15) is 14.7 Å². The molecule has 1 atom stereocenters. The quantitative estimate of drug-likeness (QED) is 0.219. The maximum Gasteiger partial charge on any atom is 0.302 e. The van der Waals surface area contributed by atoms with Gasteiger partial charge in [0.05, 0.1) is 49.5 Å². The number of aliphatic hydroxyl groups is 1. The first kappa shape index (κ1) is 24.1. The minimum absolute atomic E-state index is 0.0957. The van der Waals surface area contributed by atoms with Gasteiger partial charge in [0.2, 0.25) is 5.95 Å². The molecule has 2 aromatic heterocycles. The number of aromatic amines is 1. The lowest BCUT2D eigenvalue weighted by Crippen LogP contribution is -2.30. The largest absolute Gasteiger partial charge is 0.507 e. The molecule has 0 radical (unpaired) electrons. The van der Waals surface area contributed by atoms with E-state index in [1.807, 2.05) is 0 Å². The third kappa shape index (κ3) is 4.01. The number of anilines is 1. The van der Waals surface area contributed by atoms with E-state index < -0.39 is 23.5 Å². The maximum atomic E-state index is 13.4. The van der Waals surface area contributed by atoms with Gasteiger partial charge in [-0.2, -0.15) is 0 Å². The number of fused-ring (bicyclic) bond motifs is 1. The summed E-state index contributed by atoms with van der Waals surface area (Å²) < 4.78 is 16.1. The van der Waals surface area contributed by atoms with Crippen LogP contribution >= 0.6 is 11.6 Å². The second-order valence-corrected chi connectivity index (χ2v) is 8.52. The summed E-state index contributed by atoms with van der Waals surface area (Å²) in [7, 11) is 4.43. The third-order valence-corrected chi connectivity index (χ3v) is 6.30. The van der Waals surface area contributed by atoms with Crippen molar-refractivity contribution in [3.8, 4) is 17.2 Å². The second-order valence-electron chi connectivity index (χ2n) is 8.08. The molecular formula is C26H21ClN4O6. The van der Waals surface area contributed by atoms with Crippen molar-refractivity contribution in [2.24, 2.45) is 0 Å². The van der Waals surface area contributed by atoms with Gasteiger partial charge in [0.1, 0.15) is 11.5 Å². The minimum atomic E-state index is -1.04. The van der Waals surface area contributed by atoms with Crippen molar-refractivity contribution in [2.75, 3.05) is 26.2 Å². The summed E-state index contributed by atoms with van der Waals surface area (Å²) in [5.74, 6) is -0.928. The highest BCUT2D eigenvalue weighted by Crippen LogP contribution is 2.43. The molecule has 1 fully saturated rings. The van der Waals surface area contributed by atoms with Crippen molar-refractivity contribution in [3.63, 3.8) is 0 Å². The standard InChI is InChI=1S/C26H21ClN4O6/c1-35-18-7-6-14(27)9-15(18)23(32)21-22(13-5-4-8-28-12-13)31(25(34)24(21)33)26-29-16-10-19(36-2)20(37-3)11-17(16)30-26/h4-12,22,32H,1-3H3,(H,29,30)/b23-21+. The van der Waals surface area contributed by atoms with Crippen LogP contribution in [-0.2, 0) is 9.59 Å². The summed E-state index contributed by atoms with van der Waals surface area (Å²) in [5.41, 5.74) is 1.53. The molecule has 5 rings (SSSR count). The number of nitrogens with zero attached hydrogens (tertiary/aromatic N) is 3. The highest BCUT2D eigenvalue weighted by molar-refractivity contribution is 6.51. The van der Waals surface area contributed by atoms with Gasteiger partial charge >= 0.3 is 5.91 Å². The van der Waals surface area contributed by atoms with Crippen LogP contribution in [0.1, 0.15) is 17.2 Å². The smallest absolute Gasteiger partial charge is 0.302 e. The first-order valence-corrected chi connectivity index (χ1v) is 11.4. The van der Waals surface area contributed by atoms with Crippen molar-refractivity contribution >= 4 is 46.0 Å². The van der Waals surface area contributed by atoms with Gasteiger partial charge in [-0.3, -0.25) is 19.5 Å². The predicted molar refractivity (Wildman–Crippen MR) is 136 cm³/mol. The van der Waals surface area contributed by atoms with E-state index in [0.717, 1.165) is 0 Å². The Kier molecular flexibility index (Phi) is 6.18. The molecule has 10 nitrogen and oxygen atoms in total. The Hall–Kier alpha value is -4.57. The van der Waals surface area contributed by atoms with Crippen LogP contribution in [0.5, 0.6) is 17.2 Å². The number of carbonyl (C=O) groups is 2. The van der Waals surface area contributed by atoms with Gasteiger partial charge in [0, 0.05) is 29.5 Å². The van der Waals surface area contributed by atoms with Crippen molar-refractivity contribution < 1.29 is 28.9 Å². The van der Waals surface area contributed by atoms with Crippen LogP contribution in [0.25, 0.3) is 16.8 Å². The van der Waals surface area contributed by atoms with Gasteiger partial charge in [-0.25, -0.2) is 4.98 Å². The highest BCUT2D eigenvalue weighted by Gasteiger charge is 2.48. The van der Waals surface area contributed by atoms with E-state index in [4.69, 9.17) is 25.8 Å². The normalized spacial score (nSPS) is 16.9. The number of hydrogen-bond acceptors (Lipinski definition) is 8. The number of imidazole rings is 1. The fourth-order valence-electron chi connectivity index (χ4n) is 4.35. The molecule has 1 unspecified atom stereocenters. The molecule has 1 amide bonds. The molecule has 2 aromatic carbocycles. The predicted octanol–water partition coefficient (Wildman–Crippen LogP) is 4.26. The Morgan fingerprint density at radius 2 is 1.76 bits per heavy atom. The Labute approximate surface area is 216 Å². The van der Waals surface area contributed by atoms with E-state index in [1.165, 1.54) is 38.5 Å². The number of H-pyrrole nitrogens is 1. The number of ether oxygens (including phenoxy) is 3. The van der Waals surface area contributed by atoms with Gasteiger partial charge in [-0.15, -0.1) is 0 Å². The Balaban J connectivity index is 1.74. The van der Waals surface area contributed by atoms with Gasteiger partial charge in [-0.05, 0) is 29.8 Å². The molecule has 1 aliphatic rings. The summed E-state index contributed by atoms with van der Waals surface area (Å²) in [6.07, 6.45) is 3.08. The topological polar surface area (TPSA) is 127 Å².